The summed E-state index contributed by atoms with van der Waals surface area (Å²) in [7, 11) is 0. The maximum atomic E-state index is 12.0. The fourth-order valence-electron chi connectivity index (χ4n) is 9.67. The third-order valence-corrected chi connectivity index (χ3v) is 14.5. The zero-order valence-electron chi connectivity index (χ0n) is 42.9. The number of rotatable bonds is 24. The van der Waals surface area contributed by atoms with Gasteiger partial charge in [-0.25, -0.2) is 0 Å². The Hall–Kier alpha value is -1.93. The molecule has 81 heavy (non-hydrogen) atoms. The molecular weight excluding hydrogens is 1120 g/mol. The second-order valence-electron chi connectivity index (χ2n) is 20.2. The van der Waals surface area contributed by atoms with Crippen molar-refractivity contribution in [1.29, 1.82) is 0 Å². The molecule has 0 aliphatic carbocycles. The van der Waals surface area contributed by atoms with Crippen LogP contribution < -0.4 is 5.32 Å². The molecule has 0 bridgehead atoms. The SMILES string of the molecule is CC(=O)N[C@@H](CO)[C@@H](O)[C@H](O[C@@H]1O[C@H](CO[C@H]2O[C@H](CO[C@H]3O[C@H](CO)[C@@H](O)[C@H](O)[C@@H]3O)[C@@H](O)[C@H](O[C@H]3O[C@H](CO)[C@@H](O)[C@H](O)[C@@H]3O)[C@@H]2O)[C@@H](O)[C@H](O[C@H]2O[C@H](CO[C@H]3O[C@H](CO)[C@@H](O)[C@H](O)[C@@H]3O)[C@@H](O)[C@H](O)[C@@H]2O)[C@@H]1O)[C@H](O)CO. The Morgan fingerprint density at radius 1 is 0.395 bits per heavy atom. The van der Waals surface area contributed by atoms with E-state index in [1.165, 1.54) is 0 Å². The van der Waals surface area contributed by atoms with E-state index >= 15 is 0 Å². The van der Waals surface area contributed by atoms with Gasteiger partial charge in [-0.1, -0.05) is 0 Å². The molecule has 24 N–H and O–H groups in total. The van der Waals surface area contributed by atoms with E-state index in [0.29, 0.717) is 0 Å². The molecule has 6 fully saturated rings. The number of nitrogens with one attached hydrogen (secondary N) is 1. The molecule has 0 saturated carbocycles. The fourth-order valence-corrected chi connectivity index (χ4v) is 9.67. The third kappa shape index (κ3) is 15.4. The van der Waals surface area contributed by atoms with Crippen molar-refractivity contribution in [3.63, 3.8) is 0 Å². The molecule has 474 valence electrons. The lowest BCUT2D eigenvalue weighted by atomic mass is 9.96. The highest BCUT2D eigenvalue weighted by atomic mass is 16.8. The van der Waals surface area contributed by atoms with E-state index in [1.54, 1.807) is 0 Å². The minimum atomic E-state index is -2.40. The molecule has 6 heterocycles. The molecule has 6 rings (SSSR count). The van der Waals surface area contributed by atoms with Crippen LogP contribution in [0.2, 0.25) is 0 Å². The fraction of sp³-hybridized carbons (Fsp3) is 0.977. The number of amides is 1. The van der Waals surface area contributed by atoms with E-state index in [-0.39, 0.29) is 0 Å². The van der Waals surface area contributed by atoms with E-state index in [4.69, 9.17) is 56.8 Å². The number of carbonyl (C=O) groups is 1. The first kappa shape index (κ1) is 68.2. The Labute approximate surface area is 458 Å². The summed E-state index contributed by atoms with van der Waals surface area (Å²) in [5, 5.41) is 247. The van der Waals surface area contributed by atoms with E-state index in [0.717, 1.165) is 6.92 Å². The van der Waals surface area contributed by atoms with Gasteiger partial charge in [-0.2, -0.15) is 0 Å². The van der Waals surface area contributed by atoms with Crippen molar-refractivity contribution in [3.8, 4) is 0 Å². The smallest absolute Gasteiger partial charge is 0.217 e. The Bertz CT molecular complexity index is 1890. The van der Waals surface area contributed by atoms with Crippen molar-refractivity contribution in [2.75, 3.05) is 52.9 Å². The number of ether oxygens (including phenoxy) is 12. The van der Waals surface area contributed by atoms with Crippen molar-refractivity contribution < 1.29 is 179 Å². The van der Waals surface area contributed by atoms with Gasteiger partial charge in [-0.05, 0) is 0 Å². The molecule has 0 aromatic rings. The summed E-state index contributed by atoms with van der Waals surface area (Å²) < 4.78 is 67.5. The Morgan fingerprint density at radius 3 is 1.07 bits per heavy atom. The van der Waals surface area contributed by atoms with Gasteiger partial charge < -0.3 is 180 Å². The van der Waals surface area contributed by atoms with Crippen LogP contribution in [0.25, 0.3) is 0 Å². The molecule has 34 atom stereocenters. The van der Waals surface area contributed by atoms with Crippen LogP contribution in [-0.4, -0.2) is 385 Å². The summed E-state index contributed by atoms with van der Waals surface area (Å²) >= 11 is 0. The summed E-state index contributed by atoms with van der Waals surface area (Å²) in [5.74, 6) is -0.813. The molecule has 6 saturated heterocycles. The highest BCUT2D eigenvalue weighted by Crippen LogP contribution is 2.35. The van der Waals surface area contributed by atoms with Crippen LogP contribution in [0.4, 0.5) is 0 Å². The molecule has 6 aliphatic rings. The average molecular weight is 1200 g/mol. The van der Waals surface area contributed by atoms with Gasteiger partial charge in [0.05, 0.1) is 58.9 Å². The monoisotopic (exact) mass is 1200 g/mol. The number of aliphatic hydroxyl groups excluding tert-OH is 23. The minimum Gasteiger partial charge on any atom is -0.394 e. The first-order valence-electron chi connectivity index (χ1n) is 25.6. The van der Waals surface area contributed by atoms with Crippen molar-refractivity contribution in [3.05, 3.63) is 0 Å². The van der Waals surface area contributed by atoms with Gasteiger partial charge >= 0.3 is 0 Å². The summed E-state index contributed by atoms with van der Waals surface area (Å²) in [6.45, 7) is -6.85. The lowest BCUT2D eigenvalue weighted by molar-refractivity contribution is -0.382. The zero-order chi connectivity index (χ0) is 60.1. The molecule has 37 nitrogen and oxygen atoms in total. The number of aliphatic hydroxyl groups is 23. The molecule has 0 aromatic heterocycles. The highest BCUT2D eigenvalue weighted by molar-refractivity contribution is 5.73. The van der Waals surface area contributed by atoms with Crippen molar-refractivity contribution in [1.82, 2.24) is 5.32 Å². The topological polar surface area (TPSA) is 605 Å². The molecule has 6 aliphatic heterocycles. The molecule has 37 heteroatoms. The van der Waals surface area contributed by atoms with Crippen molar-refractivity contribution >= 4 is 5.91 Å². The standard InChI is InChI=1S/C44H77NO36/c1-10(51)45-11(2-46)19(53)36(12(52)3-47)79-44-35(69)38(81-43-33(67)29(63)23(57)16(77-43)7-70-39-30(64)26(60)20(54)13(4-48)73-39)25(59)18(78-44)9-72-41-34(68)37(80-42-32(66)28(62)22(56)15(6-50)75-42)24(58)17(76-41)8-71-40-31(65)27(61)21(55)14(5-49)74-40/h11-44,46-50,52-69H,2-9H2,1H3,(H,45,51)/t11-,12+,13+,14+,15+,16+,17+,18+,19+,20+,21+,22+,23+,24+,25+,26-,27-,28-,29-,30-,31-,32-,33-,34-,35-,36+,37-,38-,39-,40-,41-,42+,43+,44-/m0/s1. The van der Waals surface area contributed by atoms with Crippen LogP contribution in [0, 0.1) is 0 Å². The summed E-state index contributed by atoms with van der Waals surface area (Å²) in [6.07, 6.45) is -66.7. The van der Waals surface area contributed by atoms with E-state index in [1.807, 2.05) is 0 Å². The lowest BCUT2D eigenvalue weighted by Crippen LogP contribution is -2.67. The first-order valence-corrected chi connectivity index (χ1v) is 25.6. The molecule has 1 amide bonds. The maximum Gasteiger partial charge on any atom is 0.217 e. The van der Waals surface area contributed by atoms with Crippen LogP contribution in [0.1, 0.15) is 6.92 Å². The van der Waals surface area contributed by atoms with Crippen LogP contribution in [0.5, 0.6) is 0 Å². The predicted octanol–water partition coefficient (Wildman–Crippen LogP) is -16.5. The highest BCUT2D eigenvalue weighted by Gasteiger charge is 2.56. The van der Waals surface area contributed by atoms with Crippen molar-refractivity contribution in [2.24, 2.45) is 0 Å². The Kier molecular flexibility index (Phi) is 25.4. The number of hydrogen-bond acceptors (Lipinski definition) is 36. The molecule has 0 spiro atoms. The summed E-state index contributed by atoms with van der Waals surface area (Å²) in [4.78, 5) is 12.0. The van der Waals surface area contributed by atoms with Gasteiger partial charge in [0.15, 0.2) is 37.7 Å². The molecular formula is C44H77NO36. The largest absolute Gasteiger partial charge is 0.394 e. The van der Waals surface area contributed by atoms with Crippen LogP contribution >= 0.6 is 0 Å². The average Bonchev–Trinajstić information content (AvgIpc) is 3.46. The lowest BCUT2D eigenvalue weighted by Gasteiger charge is -2.48. The Balaban J connectivity index is 1.29. The normalized spacial score (nSPS) is 47.8. The quantitative estimate of drug-likeness (QED) is 0.0427. The van der Waals surface area contributed by atoms with Gasteiger partial charge in [0, 0.05) is 6.92 Å². The Morgan fingerprint density at radius 2 is 0.704 bits per heavy atom. The third-order valence-electron chi connectivity index (χ3n) is 14.5. The molecule has 0 aromatic carbocycles. The maximum absolute atomic E-state index is 12.0. The van der Waals surface area contributed by atoms with E-state index in [9.17, 15) is 122 Å². The molecule has 0 radical (unpaired) electrons. The number of carbonyl (C=O) groups excluding carboxylic acids is 1. The predicted molar refractivity (Wildman–Crippen MR) is 246 cm³/mol. The molecule has 0 unspecified atom stereocenters. The summed E-state index contributed by atoms with van der Waals surface area (Å²) in [6, 6.07) is -1.65. The van der Waals surface area contributed by atoms with Gasteiger partial charge in [-0.3, -0.25) is 4.79 Å². The summed E-state index contributed by atoms with van der Waals surface area (Å²) in [5.41, 5.74) is 0. The zero-order valence-corrected chi connectivity index (χ0v) is 42.9. The minimum absolute atomic E-state index is 0.813. The van der Waals surface area contributed by atoms with Crippen molar-refractivity contribution in [2.45, 2.75) is 216 Å². The van der Waals surface area contributed by atoms with E-state index < -0.39 is 267 Å². The van der Waals surface area contributed by atoms with Gasteiger partial charge in [-0.15, -0.1) is 0 Å². The number of hydrogen-bond donors (Lipinski definition) is 24. The van der Waals surface area contributed by atoms with Gasteiger partial charge in [0.1, 0.15) is 165 Å². The van der Waals surface area contributed by atoms with E-state index in [2.05, 4.69) is 5.32 Å². The van der Waals surface area contributed by atoms with Crippen LogP contribution in [-0.2, 0) is 61.6 Å². The second kappa shape index (κ2) is 30.1. The van der Waals surface area contributed by atoms with Crippen LogP contribution in [0.15, 0.2) is 0 Å². The first-order chi connectivity index (χ1) is 38.2. The van der Waals surface area contributed by atoms with Crippen LogP contribution in [0.3, 0.4) is 0 Å². The second-order valence-corrected chi connectivity index (χ2v) is 20.2. The van der Waals surface area contributed by atoms with Gasteiger partial charge in [0.25, 0.3) is 0 Å². The van der Waals surface area contributed by atoms with Gasteiger partial charge in [0.2, 0.25) is 5.91 Å².